The molecule has 0 amide bonds. The molecule has 0 fully saturated rings. The fraction of sp³-hybridized carbons (Fsp3) is 0.222. The van der Waals surface area contributed by atoms with Crippen molar-refractivity contribution in [3.8, 4) is 0 Å². The van der Waals surface area contributed by atoms with Gasteiger partial charge in [-0.1, -0.05) is 19.1 Å². The molecule has 4 aromatic rings. The maximum absolute atomic E-state index is 12.5. The second-order valence-electron chi connectivity index (χ2n) is 5.96. The molecule has 3 aromatic heterocycles. The van der Waals surface area contributed by atoms with Crippen molar-refractivity contribution in [1.29, 1.82) is 0 Å². The summed E-state index contributed by atoms with van der Waals surface area (Å²) in [5.74, 6) is 0.799. The highest BCUT2D eigenvalue weighted by atomic mass is 16.2. The summed E-state index contributed by atoms with van der Waals surface area (Å²) < 4.78 is 3.05. The standard InChI is InChI=1S/C18H18N6O2/c1-2-12-11-16(24-15(21-12)7-8-20-24)19-9-10-23-18(26)14-6-4-3-5-13(14)17(25)22-23/h3-8,11,19H,2,9-10H2,1H3,(H,22,25). The van der Waals surface area contributed by atoms with Gasteiger partial charge in [-0.15, -0.1) is 0 Å². The van der Waals surface area contributed by atoms with Gasteiger partial charge in [-0.05, 0) is 18.6 Å². The van der Waals surface area contributed by atoms with Crippen LogP contribution in [-0.2, 0) is 13.0 Å². The molecule has 0 radical (unpaired) electrons. The van der Waals surface area contributed by atoms with Gasteiger partial charge in [0.05, 0.1) is 23.5 Å². The first-order valence-electron chi connectivity index (χ1n) is 8.47. The highest BCUT2D eigenvalue weighted by Gasteiger charge is 2.08. The van der Waals surface area contributed by atoms with E-state index in [0.29, 0.717) is 23.9 Å². The van der Waals surface area contributed by atoms with Crippen molar-refractivity contribution in [2.24, 2.45) is 0 Å². The molecule has 0 saturated carbocycles. The second kappa shape index (κ2) is 6.47. The van der Waals surface area contributed by atoms with E-state index in [4.69, 9.17) is 0 Å². The van der Waals surface area contributed by atoms with Crippen LogP contribution in [0.15, 0.2) is 52.2 Å². The quantitative estimate of drug-likeness (QED) is 0.567. The zero-order valence-electron chi connectivity index (χ0n) is 14.3. The lowest BCUT2D eigenvalue weighted by molar-refractivity contribution is 0.595. The predicted octanol–water partition coefficient (Wildman–Crippen LogP) is 1.41. The number of nitrogens with zero attached hydrogens (tertiary/aromatic N) is 4. The van der Waals surface area contributed by atoms with Gasteiger partial charge in [-0.2, -0.15) is 9.61 Å². The molecule has 1 aromatic carbocycles. The Hall–Kier alpha value is -3.42. The number of nitrogens with one attached hydrogen (secondary N) is 2. The van der Waals surface area contributed by atoms with Crippen LogP contribution < -0.4 is 16.4 Å². The van der Waals surface area contributed by atoms with Gasteiger partial charge in [-0.3, -0.25) is 14.7 Å². The van der Waals surface area contributed by atoms with Crippen molar-refractivity contribution < 1.29 is 0 Å². The number of rotatable bonds is 5. The normalized spacial score (nSPS) is 11.3. The molecule has 8 heteroatoms. The monoisotopic (exact) mass is 350 g/mol. The highest BCUT2D eigenvalue weighted by Crippen LogP contribution is 2.12. The van der Waals surface area contributed by atoms with Crippen LogP contribution in [0.5, 0.6) is 0 Å². The van der Waals surface area contributed by atoms with Crippen molar-refractivity contribution in [3.05, 3.63) is 69.0 Å². The van der Waals surface area contributed by atoms with E-state index >= 15 is 0 Å². The number of hydrogen-bond acceptors (Lipinski definition) is 5. The van der Waals surface area contributed by atoms with E-state index in [2.05, 4.69) is 20.5 Å². The Morgan fingerprint density at radius 1 is 1.15 bits per heavy atom. The molecule has 4 rings (SSSR count). The van der Waals surface area contributed by atoms with Gasteiger partial charge in [0.2, 0.25) is 0 Å². The molecule has 0 aliphatic rings. The van der Waals surface area contributed by atoms with Crippen molar-refractivity contribution in [2.75, 3.05) is 11.9 Å². The fourth-order valence-corrected chi connectivity index (χ4v) is 2.97. The minimum atomic E-state index is -0.271. The van der Waals surface area contributed by atoms with Crippen LogP contribution in [0.4, 0.5) is 5.82 Å². The molecule has 0 saturated heterocycles. The third-order valence-electron chi connectivity index (χ3n) is 4.30. The van der Waals surface area contributed by atoms with Crippen molar-refractivity contribution >= 4 is 22.2 Å². The summed E-state index contributed by atoms with van der Waals surface area (Å²) in [7, 11) is 0. The van der Waals surface area contributed by atoms with Gasteiger partial charge in [0.25, 0.3) is 11.1 Å². The Labute approximate surface area is 148 Å². The van der Waals surface area contributed by atoms with E-state index in [0.717, 1.165) is 23.6 Å². The number of aromatic nitrogens is 5. The fourth-order valence-electron chi connectivity index (χ4n) is 2.97. The largest absolute Gasteiger partial charge is 0.368 e. The average molecular weight is 350 g/mol. The van der Waals surface area contributed by atoms with Crippen LogP contribution in [-0.4, -0.2) is 30.9 Å². The molecule has 0 aliphatic heterocycles. The number of aryl methyl sites for hydroxylation is 1. The topological polar surface area (TPSA) is 97.1 Å². The third-order valence-corrected chi connectivity index (χ3v) is 4.30. The predicted molar refractivity (Wildman–Crippen MR) is 99.7 cm³/mol. The molecule has 132 valence electrons. The van der Waals surface area contributed by atoms with Crippen molar-refractivity contribution in [2.45, 2.75) is 19.9 Å². The molecular weight excluding hydrogens is 332 g/mol. The number of benzene rings is 1. The molecule has 26 heavy (non-hydrogen) atoms. The minimum Gasteiger partial charge on any atom is -0.368 e. The van der Waals surface area contributed by atoms with Crippen LogP contribution in [0.1, 0.15) is 12.6 Å². The summed E-state index contributed by atoms with van der Waals surface area (Å²) >= 11 is 0. The summed E-state index contributed by atoms with van der Waals surface area (Å²) in [6.45, 7) is 2.82. The Balaban J connectivity index is 1.60. The summed E-state index contributed by atoms with van der Waals surface area (Å²) in [6, 6.07) is 10.6. The van der Waals surface area contributed by atoms with Gasteiger partial charge in [0.1, 0.15) is 5.82 Å². The Bertz CT molecular complexity index is 1200. The Kier molecular flexibility index (Phi) is 4.00. The number of hydrogen-bond donors (Lipinski definition) is 2. The van der Waals surface area contributed by atoms with E-state index in [-0.39, 0.29) is 11.1 Å². The summed E-state index contributed by atoms with van der Waals surface area (Å²) in [5, 5.41) is 11.0. The average Bonchev–Trinajstić information content (AvgIpc) is 3.14. The van der Waals surface area contributed by atoms with Crippen LogP contribution in [0.3, 0.4) is 0 Å². The van der Waals surface area contributed by atoms with Crippen LogP contribution in [0.2, 0.25) is 0 Å². The molecule has 0 spiro atoms. The molecule has 0 aliphatic carbocycles. The van der Waals surface area contributed by atoms with E-state index in [9.17, 15) is 9.59 Å². The molecular formula is C18H18N6O2. The van der Waals surface area contributed by atoms with Crippen LogP contribution in [0, 0.1) is 0 Å². The van der Waals surface area contributed by atoms with Gasteiger partial charge in [-0.25, -0.2) is 9.67 Å². The second-order valence-corrected chi connectivity index (χ2v) is 5.96. The smallest absolute Gasteiger partial charge is 0.273 e. The summed E-state index contributed by atoms with van der Waals surface area (Å²) in [4.78, 5) is 29.2. The zero-order valence-corrected chi connectivity index (χ0v) is 14.3. The SMILES string of the molecule is CCc1cc(NCCn2[nH]c(=O)c3ccccc3c2=O)n2nccc2n1. The molecule has 8 nitrogen and oxygen atoms in total. The molecule has 3 heterocycles. The first-order valence-corrected chi connectivity index (χ1v) is 8.47. The van der Waals surface area contributed by atoms with E-state index < -0.39 is 0 Å². The number of anilines is 1. The third kappa shape index (κ3) is 2.75. The Morgan fingerprint density at radius 3 is 2.77 bits per heavy atom. The maximum Gasteiger partial charge on any atom is 0.273 e. The van der Waals surface area contributed by atoms with E-state index in [1.165, 1.54) is 4.68 Å². The lowest BCUT2D eigenvalue weighted by atomic mass is 10.2. The van der Waals surface area contributed by atoms with Crippen LogP contribution >= 0.6 is 0 Å². The van der Waals surface area contributed by atoms with Crippen LogP contribution in [0.25, 0.3) is 16.4 Å². The van der Waals surface area contributed by atoms with Gasteiger partial charge >= 0.3 is 0 Å². The maximum atomic E-state index is 12.5. The van der Waals surface area contributed by atoms with Crippen molar-refractivity contribution in [3.63, 3.8) is 0 Å². The molecule has 0 bridgehead atoms. The highest BCUT2D eigenvalue weighted by molar-refractivity contribution is 5.80. The van der Waals surface area contributed by atoms with Gasteiger partial charge in [0, 0.05) is 24.4 Å². The zero-order chi connectivity index (χ0) is 18.1. The van der Waals surface area contributed by atoms with Crippen molar-refractivity contribution in [1.82, 2.24) is 24.4 Å². The minimum absolute atomic E-state index is 0.213. The molecule has 2 N–H and O–H groups in total. The van der Waals surface area contributed by atoms with E-state index in [1.807, 2.05) is 19.1 Å². The van der Waals surface area contributed by atoms with Gasteiger partial charge < -0.3 is 5.32 Å². The lowest BCUT2D eigenvalue weighted by Gasteiger charge is -2.11. The molecule has 0 atom stereocenters. The summed E-state index contributed by atoms with van der Waals surface area (Å²) in [6.07, 6.45) is 2.51. The lowest BCUT2D eigenvalue weighted by Crippen LogP contribution is -2.32. The summed E-state index contributed by atoms with van der Waals surface area (Å²) in [5.41, 5.74) is 1.24. The molecule has 0 unspecified atom stereocenters. The number of aromatic amines is 1. The number of H-pyrrole nitrogens is 1. The number of fused-ring (bicyclic) bond motifs is 2. The van der Waals surface area contributed by atoms with Gasteiger partial charge in [0.15, 0.2) is 5.65 Å². The first-order chi connectivity index (χ1) is 12.7. The first kappa shape index (κ1) is 16.1. The Morgan fingerprint density at radius 2 is 1.96 bits per heavy atom. The van der Waals surface area contributed by atoms with E-state index in [1.54, 1.807) is 35.0 Å².